The largest absolute Gasteiger partial charge is 0.496 e. The van der Waals surface area contributed by atoms with Crippen molar-refractivity contribution < 1.29 is 28.2 Å². The number of ketones is 2. The molecule has 0 saturated carbocycles. The van der Waals surface area contributed by atoms with Gasteiger partial charge < -0.3 is 23.9 Å². The second-order valence-electron chi connectivity index (χ2n) is 7.62. The van der Waals surface area contributed by atoms with E-state index in [0.29, 0.717) is 62.7 Å². The number of hydrogen-bond acceptors (Lipinski definition) is 7. The lowest BCUT2D eigenvalue weighted by Crippen LogP contribution is -2.18. The number of carbonyl (C=O) groups is 2. The van der Waals surface area contributed by atoms with Crippen LogP contribution in [0.2, 0.25) is 0 Å². The maximum Gasteiger partial charge on any atom is 0.230 e. The maximum absolute atomic E-state index is 13.4. The highest BCUT2D eigenvalue weighted by molar-refractivity contribution is 9.10. The lowest BCUT2D eigenvalue weighted by atomic mass is 10.1. The van der Waals surface area contributed by atoms with Gasteiger partial charge >= 0.3 is 0 Å². The molecule has 172 valence electrons. The van der Waals surface area contributed by atoms with Gasteiger partial charge in [-0.3, -0.25) is 9.59 Å². The van der Waals surface area contributed by atoms with Gasteiger partial charge in [-0.15, -0.1) is 0 Å². The fourth-order valence-electron chi connectivity index (χ4n) is 3.81. The third kappa shape index (κ3) is 4.12. The molecule has 8 heteroatoms. The molecule has 1 aliphatic heterocycles. The van der Waals surface area contributed by atoms with Crippen molar-refractivity contribution >= 4 is 44.2 Å². The van der Waals surface area contributed by atoms with Crippen molar-refractivity contribution in [1.82, 2.24) is 0 Å². The van der Waals surface area contributed by atoms with Crippen molar-refractivity contribution in [3.8, 4) is 17.2 Å². The summed E-state index contributed by atoms with van der Waals surface area (Å²) in [5.74, 6) is 1.45. The predicted molar refractivity (Wildman–Crippen MR) is 131 cm³/mol. The first-order chi connectivity index (χ1) is 16.5. The van der Waals surface area contributed by atoms with Crippen molar-refractivity contribution in [3.63, 3.8) is 0 Å². The van der Waals surface area contributed by atoms with Gasteiger partial charge in [-0.2, -0.15) is 0 Å². The number of carbonyl (C=O) groups excluding carboxylic acids is 2. The molecule has 1 aromatic heterocycles. The van der Waals surface area contributed by atoms with Crippen molar-refractivity contribution in [2.24, 2.45) is 0 Å². The van der Waals surface area contributed by atoms with Gasteiger partial charge in [-0.1, -0.05) is 12.1 Å². The fraction of sp³-hybridized carbons (Fsp3) is 0.154. The van der Waals surface area contributed by atoms with Crippen LogP contribution in [-0.2, 0) is 0 Å². The van der Waals surface area contributed by atoms with E-state index < -0.39 is 0 Å². The number of halogens is 1. The Morgan fingerprint density at radius 2 is 1.74 bits per heavy atom. The minimum atomic E-state index is -0.311. The molecule has 0 aliphatic carbocycles. The van der Waals surface area contributed by atoms with Crippen molar-refractivity contribution in [2.45, 2.75) is 0 Å². The van der Waals surface area contributed by atoms with E-state index in [1.807, 2.05) is 18.2 Å². The molecular formula is C26H20BrNO6. The number of ether oxygens (including phenoxy) is 3. The molecule has 0 radical (unpaired) electrons. The van der Waals surface area contributed by atoms with Crippen LogP contribution in [0, 0.1) is 0 Å². The number of anilines is 1. The Bertz CT molecular complexity index is 1410. The van der Waals surface area contributed by atoms with E-state index in [1.165, 1.54) is 0 Å². The molecule has 4 aromatic rings. The van der Waals surface area contributed by atoms with Crippen molar-refractivity contribution in [3.05, 3.63) is 82.0 Å². The highest BCUT2D eigenvalue weighted by Crippen LogP contribution is 2.35. The summed E-state index contributed by atoms with van der Waals surface area (Å²) in [6.45, 7) is 0.892. The van der Waals surface area contributed by atoms with Gasteiger partial charge in [-0.05, 0) is 64.5 Å². The van der Waals surface area contributed by atoms with Gasteiger partial charge in [0.25, 0.3) is 0 Å². The average Bonchev–Trinajstić information content (AvgIpc) is 3.25. The van der Waals surface area contributed by atoms with E-state index in [2.05, 4.69) is 21.2 Å². The summed E-state index contributed by atoms with van der Waals surface area (Å²) in [6.07, 6.45) is 0. The van der Waals surface area contributed by atoms with Gasteiger partial charge in [0.05, 0.1) is 23.8 Å². The number of fused-ring (bicyclic) bond motifs is 2. The number of hydrogen-bond donors (Lipinski definition) is 1. The van der Waals surface area contributed by atoms with Gasteiger partial charge in [0.2, 0.25) is 5.78 Å². The molecule has 0 unspecified atom stereocenters. The second-order valence-corrected chi connectivity index (χ2v) is 8.47. The minimum Gasteiger partial charge on any atom is -0.496 e. The zero-order chi connectivity index (χ0) is 23.7. The van der Waals surface area contributed by atoms with Crippen LogP contribution in [0.3, 0.4) is 0 Å². The lowest BCUT2D eigenvalue weighted by Gasteiger charge is -2.18. The quantitative estimate of drug-likeness (QED) is 0.321. The summed E-state index contributed by atoms with van der Waals surface area (Å²) in [5.41, 5.74) is 1.93. The van der Waals surface area contributed by atoms with Gasteiger partial charge in [0.15, 0.2) is 23.0 Å². The fourth-order valence-corrected chi connectivity index (χ4v) is 4.35. The molecule has 3 aromatic carbocycles. The summed E-state index contributed by atoms with van der Waals surface area (Å²) in [6, 6.07) is 17.5. The van der Waals surface area contributed by atoms with Crippen molar-refractivity contribution in [1.29, 1.82) is 0 Å². The van der Waals surface area contributed by atoms with Gasteiger partial charge in [-0.25, -0.2) is 0 Å². The van der Waals surface area contributed by atoms with E-state index in [4.69, 9.17) is 18.6 Å². The monoisotopic (exact) mass is 521 g/mol. The zero-order valence-electron chi connectivity index (χ0n) is 18.2. The molecule has 0 spiro atoms. The Morgan fingerprint density at radius 1 is 0.971 bits per heavy atom. The Hall–Kier alpha value is -3.78. The van der Waals surface area contributed by atoms with Crippen LogP contribution in [0.4, 0.5) is 5.69 Å². The van der Waals surface area contributed by atoms with Crippen LogP contribution < -0.4 is 19.5 Å². The Morgan fingerprint density at radius 3 is 2.53 bits per heavy atom. The number of rotatable bonds is 7. The van der Waals surface area contributed by atoms with E-state index in [9.17, 15) is 9.59 Å². The predicted octanol–water partition coefficient (Wildman–Crippen LogP) is 5.50. The standard InChI is InChI=1S/C26H20BrNO6/c1-31-21-8-7-16(12-18(21)27)25(30)26-24(17-4-2-3-5-20(17)34-26)28-14-19(29)15-6-9-22-23(13-15)33-11-10-32-22/h2-9,12-13,28H,10-11,14H2,1H3. The van der Waals surface area contributed by atoms with E-state index >= 15 is 0 Å². The molecule has 1 aliphatic rings. The molecule has 0 saturated heterocycles. The van der Waals surface area contributed by atoms with Crippen molar-refractivity contribution in [2.75, 3.05) is 32.2 Å². The number of para-hydroxylation sites is 1. The Balaban J connectivity index is 1.44. The molecular weight excluding hydrogens is 502 g/mol. The van der Waals surface area contributed by atoms with Crippen LogP contribution in [0.15, 0.2) is 69.6 Å². The second kappa shape index (κ2) is 9.23. The SMILES string of the molecule is COc1ccc(C(=O)c2oc3ccccc3c2NCC(=O)c2ccc3c(c2)OCCO3)cc1Br. The first-order valence-electron chi connectivity index (χ1n) is 10.6. The van der Waals surface area contributed by atoms with Crippen LogP contribution >= 0.6 is 15.9 Å². The summed E-state index contributed by atoms with van der Waals surface area (Å²) < 4.78 is 22.9. The van der Waals surface area contributed by atoms with E-state index in [1.54, 1.807) is 49.6 Å². The summed E-state index contributed by atoms with van der Waals surface area (Å²) in [5, 5.41) is 3.85. The molecule has 0 atom stereocenters. The molecule has 1 N–H and O–H groups in total. The molecule has 0 fully saturated rings. The Kier molecular flexibility index (Phi) is 5.98. The smallest absolute Gasteiger partial charge is 0.230 e. The third-order valence-electron chi connectivity index (χ3n) is 5.51. The number of methoxy groups -OCH3 is 1. The zero-order valence-corrected chi connectivity index (χ0v) is 19.8. The number of furan rings is 1. The molecule has 2 heterocycles. The third-order valence-corrected chi connectivity index (χ3v) is 6.13. The van der Waals surface area contributed by atoms with Crippen LogP contribution in [0.25, 0.3) is 11.0 Å². The average molecular weight is 522 g/mol. The molecule has 7 nitrogen and oxygen atoms in total. The normalized spacial score (nSPS) is 12.4. The molecule has 34 heavy (non-hydrogen) atoms. The summed E-state index contributed by atoms with van der Waals surface area (Å²) >= 11 is 3.42. The molecule has 0 bridgehead atoms. The number of Topliss-reactive ketones (excluding diaryl/α,β-unsaturated/α-hetero) is 1. The van der Waals surface area contributed by atoms with Gasteiger partial charge in [0.1, 0.15) is 24.5 Å². The molecule has 0 amide bonds. The van der Waals surface area contributed by atoms with Crippen LogP contribution in [0.5, 0.6) is 17.2 Å². The molecule has 5 rings (SSSR count). The maximum atomic E-state index is 13.4. The topological polar surface area (TPSA) is 87.0 Å². The van der Waals surface area contributed by atoms with E-state index in [0.717, 1.165) is 0 Å². The summed E-state index contributed by atoms with van der Waals surface area (Å²) in [4.78, 5) is 26.3. The number of nitrogens with one attached hydrogen (secondary N) is 1. The first kappa shape index (κ1) is 22.0. The Labute approximate surface area is 203 Å². The van der Waals surface area contributed by atoms with Crippen LogP contribution in [0.1, 0.15) is 26.5 Å². The van der Waals surface area contributed by atoms with Crippen LogP contribution in [-0.4, -0.2) is 38.4 Å². The van der Waals surface area contributed by atoms with E-state index in [-0.39, 0.29) is 23.9 Å². The summed E-state index contributed by atoms with van der Waals surface area (Å²) in [7, 11) is 1.56. The minimum absolute atomic E-state index is 0.0320. The highest BCUT2D eigenvalue weighted by Gasteiger charge is 2.23. The highest BCUT2D eigenvalue weighted by atomic mass is 79.9. The van der Waals surface area contributed by atoms with Gasteiger partial charge in [0, 0.05) is 16.5 Å². The lowest BCUT2D eigenvalue weighted by molar-refractivity contribution is 0.0996. The first-order valence-corrected chi connectivity index (χ1v) is 11.4. The number of benzene rings is 3.